The molecule has 0 spiro atoms. The van der Waals surface area contributed by atoms with E-state index < -0.39 is 96.5 Å². The number of hydrogen-bond donors (Lipinski definition) is 16. The van der Waals surface area contributed by atoms with Gasteiger partial charge in [-0.15, -0.1) is 5.10 Å². The van der Waals surface area contributed by atoms with Crippen LogP contribution in [0.5, 0.6) is 0 Å². The third kappa shape index (κ3) is 30.3. The number of hydrogen-bond acceptors (Lipinski definition) is 19. The summed E-state index contributed by atoms with van der Waals surface area (Å²) in [7, 11) is 0. The number of nitrogens with two attached hydrogens (primary N) is 6. The smallest absolute Gasteiger partial charge is 0.315 e. The Labute approximate surface area is 528 Å². The standard InChI is InChI=1S/C55H97N21O13S/c1-33(2)27-39-51(84)69-37(12-7-16-64-53(58)59)49(82)66-30-45(79)67-40(29-43(57)77)52(85)70-38(13-8-17-65-54(60)61)50(83)68-36(11-5-6-20-76-31-34(74-75-76)28-35(56)47(80)71-39)48(81)63-19-10-22-88-24-26-89-25-23-87-21-9-18-62-44(78)15-4-3-14-42-46-41(32-90-42)72-55(86)73-46/h31,33,35-42,46H,3-30,32,56H2,1-2H3,(H2,57,77)(H,62,78)(H,63,81)(H,66,82)(H,67,79)(H,68,83)(H,69,84)(H,70,85)(H,71,80)(H4,58,59,64)(H4,60,61,65)(H2,72,73,86)/t35-,36-,37-,38-,39-,40-,41+,42+,46+/m0/s1. The third-order valence-electron chi connectivity index (χ3n) is 14.5. The number of guanidine groups is 2. The predicted octanol–water partition coefficient (Wildman–Crippen LogP) is -5.31. The molecule has 0 aliphatic carbocycles. The van der Waals surface area contributed by atoms with Gasteiger partial charge in [0.15, 0.2) is 11.9 Å². The minimum absolute atomic E-state index is 0.00768. The molecule has 2 saturated heterocycles. The number of unbranched alkanes of at least 4 members (excludes halogenated alkanes) is 1. The van der Waals surface area contributed by atoms with Gasteiger partial charge in [-0.3, -0.25) is 57.8 Å². The van der Waals surface area contributed by atoms with Gasteiger partial charge in [0.1, 0.15) is 30.2 Å². The van der Waals surface area contributed by atoms with Crippen molar-refractivity contribution in [1.82, 2.24) is 68.2 Å². The number of ether oxygens (including phenoxy) is 3. The summed E-state index contributed by atoms with van der Waals surface area (Å²) in [6, 6.07) is -7.51. The van der Waals surface area contributed by atoms with Crippen molar-refractivity contribution in [2.75, 3.05) is 78.1 Å². The molecule has 2 fully saturated rings. The van der Waals surface area contributed by atoms with Gasteiger partial charge >= 0.3 is 6.03 Å². The zero-order chi connectivity index (χ0) is 65.8. The van der Waals surface area contributed by atoms with Crippen LogP contribution in [0.1, 0.15) is 116 Å². The van der Waals surface area contributed by atoms with Crippen molar-refractivity contribution in [2.45, 2.75) is 177 Å². The van der Waals surface area contributed by atoms with Gasteiger partial charge in [-0.2, -0.15) is 11.8 Å². The molecule has 2 bridgehead atoms. The monoisotopic (exact) mass is 1290 g/mol. The number of urea groups is 1. The van der Waals surface area contributed by atoms with Crippen LogP contribution in [-0.4, -0.2) is 218 Å². The predicted molar refractivity (Wildman–Crippen MR) is 333 cm³/mol. The number of nitrogens with one attached hydrogen (secondary N) is 10. The molecular formula is C55H97N21O13S. The number of nitrogens with zero attached hydrogens (tertiary/aromatic N) is 5. The molecule has 9 atom stereocenters. The number of carbonyl (C=O) groups is 10. The maximum Gasteiger partial charge on any atom is 0.315 e. The van der Waals surface area contributed by atoms with Gasteiger partial charge in [-0.1, -0.05) is 25.5 Å². The Morgan fingerprint density at radius 3 is 1.91 bits per heavy atom. The molecule has 11 amide bonds. The minimum Gasteiger partial charge on any atom is -0.379 e. The van der Waals surface area contributed by atoms with Gasteiger partial charge in [0.2, 0.25) is 53.2 Å². The lowest BCUT2D eigenvalue weighted by Gasteiger charge is -2.26. The normalized spacial score (nSPS) is 23.2. The average molecular weight is 1290 g/mol. The summed E-state index contributed by atoms with van der Waals surface area (Å²) >= 11 is 1.87. The van der Waals surface area contributed by atoms with Crippen LogP contribution in [0.2, 0.25) is 0 Å². The number of carbonyl (C=O) groups excluding carboxylic acids is 10. The number of aryl methyl sites for hydroxylation is 1. The minimum atomic E-state index is -1.66. The van der Waals surface area contributed by atoms with Crippen LogP contribution < -0.4 is 87.6 Å². The first kappa shape index (κ1) is 74.8. The fraction of sp³-hybridized carbons (Fsp3) is 0.745. The second-order valence-corrected chi connectivity index (χ2v) is 23.9. The van der Waals surface area contributed by atoms with Crippen molar-refractivity contribution >= 4 is 82.9 Å². The van der Waals surface area contributed by atoms with Crippen LogP contribution in [0.4, 0.5) is 4.79 Å². The van der Waals surface area contributed by atoms with Gasteiger partial charge in [0, 0.05) is 76.0 Å². The molecule has 34 nitrogen and oxygen atoms in total. The number of fused-ring (bicyclic) bond motifs is 3. The van der Waals surface area contributed by atoms with Crippen molar-refractivity contribution in [3.8, 4) is 0 Å². The van der Waals surface area contributed by atoms with Crippen molar-refractivity contribution < 1.29 is 62.2 Å². The van der Waals surface area contributed by atoms with E-state index in [9.17, 15) is 47.9 Å². The maximum atomic E-state index is 14.2. The summed E-state index contributed by atoms with van der Waals surface area (Å²) in [4.78, 5) is 141. The molecule has 0 aromatic carbocycles. The van der Waals surface area contributed by atoms with E-state index in [4.69, 9.17) is 48.6 Å². The van der Waals surface area contributed by atoms with E-state index in [0.29, 0.717) is 82.6 Å². The van der Waals surface area contributed by atoms with Crippen LogP contribution in [0.15, 0.2) is 16.2 Å². The number of aliphatic imine (C=N–C) groups is 2. The van der Waals surface area contributed by atoms with Crippen molar-refractivity contribution in [3.63, 3.8) is 0 Å². The SMILES string of the molecule is CC(C)C[C@@H]1NC(=O)[C@@H](N)Cc2cn(nn2)CCCC[C@@H](C(=O)NCCCOCCOCCOCCCNC(=O)CCCC[C@H]2SC[C@H]3NC(=O)N[C@H]32)NC(=O)[C@H](CCCN=C(N)N)NC(=O)[C@H](CC(N)=O)NC(=O)CNC(=O)[C@H](CCCN=C(N)N)NC1=O. The lowest BCUT2D eigenvalue weighted by Crippen LogP contribution is -2.58. The number of primary amides is 1. The molecule has 3 aliphatic rings. The Kier molecular flexibility index (Phi) is 34.6. The first-order valence-corrected chi connectivity index (χ1v) is 31.9. The Hall–Kier alpha value is -7.63. The molecule has 1 aromatic rings. The van der Waals surface area contributed by atoms with Crippen molar-refractivity contribution in [3.05, 3.63) is 11.9 Å². The molecule has 22 N–H and O–H groups in total. The topological polar surface area (TPSA) is 530 Å². The van der Waals surface area contributed by atoms with Crippen LogP contribution in [-0.2, 0) is 70.3 Å². The fourth-order valence-electron chi connectivity index (χ4n) is 9.86. The summed E-state index contributed by atoms with van der Waals surface area (Å²) in [5.74, 6) is -6.14. The summed E-state index contributed by atoms with van der Waals surface area (Å²) in [5.41, 5.74) is 34.2. The first-order chi connectivity index (χ1) is 43.1. The van der Waals surface area contributed by atoms with E-state index in [1.165, 1.54) is 4.68 Å². The highest BCUT2D eigenvalue weighted by Gasteiger charge is 2.42. The summed E-state index contributed by atoms with van der Waals surface area (Å²) in [5, 5.41) is 35.9. The number of aromatic nitrogens is 3. The molecule has 90 heavy (non-hydrogen) atoms. The van der Waals surface area contributed by atoms with Crippen LogP contribution in [0, 0.1) is 5.92 Å². The Morgan fingerprint density at radius 1 is 0.678 bits per heavy atom. The average Bonchev–Trinajstić information content (AvgIpc) is 1.73. The molecule has 4 heterocycles. The molecule has 0 unspecified atom stereocenters. The fourth-order valence-corrected chi connectivity index (χ4v) is 11.4. The molecule has 506 valence electrons. The van der Waals surface area contributed by atoms with E-state index in [0.717, 1.165) is 25.0 Å². The third-order valence-corrected chi connectivity index (χ3v) is 16.0. The Bertz CT molecular complexity index is 2540. The molecule has 0 saturated carbocycles. The Morgan fingerprint density at radius 2 is 1.28 bits per heavy atom. The lowest BCUT2D eigenvalue weighted by atomic mass is 10.0. The molecule has 4 rings (SSSR count). The van der Waals surface area contributed by atoms with Gasteiger partial charge < -0.3 is 102 Å². The second kappa shape index (κ2) is 41.6. The second-order valence-electron chi connectivity index (χ2n) is 22.6. The first-order valence-electron chi connectivity index (χ1n) is 30.9. The van der Waals surface area contributed by atoms with E-state index in [1.54, 1.807) is 6.20 Å². The highest BCUT2D eigenvalue weighted by Crippen LogP contribution is 2.33. The van der Waals surface area contributed by atoms with E-state index in [1.807, 2.05) is 25.6 Å². The van der Waals surface area contributed by atoms with Gasteiger partial charge in [0.05, 0.1) is 63.2 Å². The molecular weight excluding hydrogens is 1190 g/mol. The molecule has 0 radical (unpaired) electrons. The van der Waals surface area contributed by atoms with E-state index in [-0.39, 0.29) is 120 Å². The van der Waals surface area contributed by atoms with Crippen molar-refractivity contribution in [1.29, 1.82) is 0 Å². The quantitative estimate of drug-likeness (QED) is 0.0139. The summed E-state index contributed by atoms with van der Waals surface area (Å²) in [6.45, 7) is 6.02. The molecule has 1 aromatic heterocycles. The number of amides is 11. The number of rotatable bonds is 32. The van der Waals surface area contributed by atoms with E-state index >= 15 is 0 Å². The van der Waals surface area contributed by atoms with Crippen molar-refractivity contribution in [2.24, 2.45) is 50.3 Å². The number of thioether (sulfide) groups is 1. The molecule has 3 aliphatic heterocycles. The summed E-state index contributed by atoms with van der Waals surface area (Å²) in [6.07, 6.45) is 6.32. The van der Waals surface area contributed by atoms with Crippen LogP contribution >= 0.6 is 11.8 Å². The lowest BCUT2D eigenvalue weighted by molar-refractivity contribution is -0.135. The highest BCUT2D eigenvalue weighted by molar-refractivity contribution is 8.00. The van der Waals surface area contributed by atoms with Gasteiger partial charge in [0.25, 0.3) is 0 Å². The molecule has 35 heteroatoms. The Balaban J connectivity index is 1.33. The zero-order valence-corrected chi connectivity index (χ0v) is 52.6. The van der Waals surface area contributed by atoms with E-state index in [2.05, 4.69) is 73.5 Å². The maximum absolute atomic E-state index is 14.2. The summed E-state index contributed by atoms with van der Waals surface area (Å²) < 4.78 is 18.5. The van der Waals surface area contributed by atoms with Crippen LogP contribution in [0.25, 0.3) is 0 Å². The zero-order valence-electron chi connectivity index (χ0n) is 51.8. The van der Waals surface area contributed by atoms with Gasteiger partial charge in [-0.05, 0) is 83.0 Å². The van der Waals surface area contributed by atoms with Crippen LogP contribution in [0.3, 0.4) is 0 Å². The van der Waals surface area contributed by atoms with Gasteiger partial charge in [-0.25, -0.2) is 4.79 Å². The largest absolute Gasteiger partial charge is 0.379 e. The highest BCUT2D eigenvalue weighted by atomic mass is 32.2.